The first-order valence-corrected chi connectivity index (χ1v) is 9.88. The molecule has 1 saturated heterocycles. The molecule has 3 heterocycles. The predicted molar refractivity (Wildman–Crippen MR) is 111 cm³/mol. The van der Waals surface area contributed by atoms with E-state index in [1.807, 2.05) is 0 Å². The summed E-state index contributed by atoms with van der Waals surface area (Å²) in [6.45, 7) is 2.58. The molecule has 8 nitrogen and oxygen atoms in total. The van der Waals surface area contributed by atoms with Crippen LogP contribution in [-0.4, -0.2) is 51.6 Å². The third-order valence-corrected chi connectivity index (χ3v) is 5.41. The molecule has 1 fully saturated rings. The van der Waals surface area contributed by atoms with Crippen LogP contribution in [0.3, 0.4) is 0 Å². The van der Waals surface area contributed by atoms with Crippen LogP contribution in [0.5, 0.6) is 5.88 Å². The lowest BCUT2D eigenvalue weighted by atomic mass is 10.1. The Morgan fingerprint density at radius 2 is 2.09 bits per heavy atom. The van der Waals surface area contributed by atoms with Crippen LogP contribution in [0.25, 0.3) is 17.1 Å². The SMILES string of the molecule is COc1ncc(-n2c(-c3ccc(C#N)c(F)c3)nc(C(=O)N3CC[C@H](N)C3)c2C)cc1F. The van der Waals surface area contributed by atoms with E-state index in [1.165, 1.54) is 36.1 Å². The predicted octanol–water partition coefficient (Wildman–Crippen LogP) is 2.57. The summed E-state index contributed by atoms with van der Waals surface area (Å²) in [6.07, 6.45) is 2.06. The molecular weight excluding hydrogens is 418 g/mol. The zero-order chi connectivity index (χ0) is 23.0. The number of aromatic nitrogens is 3. The Morgan fingerprint density at radius 3 is 2.69 bits per heavy atom. The number of hydrogen-bond donors (Lipinski definition) is 1. The van der Waals surface area contributed by atoms with Crippen molar-refractivity contribution < 1.29 is 18.3 Å². The summed E-state index contributed by atoms with van der Waals surface area (Å²) in [7, 11) is 1.30. The number of ether oxygens (including phenoxy) is 1. The fraction of sp³-hybridized carbons (Fsp3) is 0.273. The quantitative estimate of drug-likeness (QED) is 0.671. The first kappa shape index (κ1) is 21.4. The number of rotatable bonds is 4. The molecule has 4 rings (SSSR count). The van der Waals surface area contributed by atoms with E-state index in [0.717, 1.165) is 6.07 Å². The van der Waals surface area contributed by atoms with Crippen LogP contribution in [-0.2, 0) is 0 Å². The van der Waals surface area contributed by atoms with Crippen molar-refractivity contribution in [3.8, 4) is 29.0 Å². The van der Waals surface area contributed by atoms with E-state index in [1.54, 1.807) is 17.9 Å². The average Bonchev–Trinajstić information content (AvgIpc) is 3.36. The summed E-state index contributed by atoms with van der Waals surface area (Å²) in [5.74, 6) is -1.71. The number of likely N-dealkylation sites (tertiary alicyclic amines) is 1. The van der Waals surface area contributed by atoms with Gasteiger partial charge in [-0.25, -0.2) is 18.7 Å². The lowest BCUT2D eigenvalue weighted by molar-refractivity contribution is 0.0785. The van der Waals surface area contributed by atoms with Gasteiger partial charge in [-0.15, -0.1) is 0 Å². The number of hydrogen-bond acceptors (Lipinski definition) is 6. The monoisotopic (exact) mass is 438 g/mol. The number of amides is 1. The van der Waals surface area contributed by atoms with Crippen LogP contribution in [0.1, 0.15) is 28.2 Å². The molecule has 1 atom stereocenters. The van der Waals surface area contributed by atoms with Crippen LogP contribution in [0.2, 0.25) is 0 Å². The van der Waals surface area contributed by atoms with E-state index >= 15 is 0 Å². The molecule has 10 heteroatoms. The molecule has 3 aromatic rings. The van der Waals surface area contributed by atoms with Crippen LogP contribution in [0.4, 0.5) is 8.78 Å². The number of methoxy groups -OCH3 is 1. The minimum atomic E-state index is -0.727. The molecular formula is C22H20F2N6O2. The number of nitrogens with two attached hydrogens (primary N) is 1. The molecule has 1 aliphatic rings. The second-order valence-electron chi connectivity index (χ2n) is 7.50. The topological polar surface area (TPSA) is 110 Å². The van der Waals surface area contributed by atoms with E-state index in [9.17, 15) is 13.6 Å². The highest BCUT2D eigenvalue weighted by Crippen LogP contribution is 2.30. The lowest BCUT2D eigenvalue weighted by Gasteiger charge is -2.15. The average molecular weight is 438 g/mol. The molecule has 1 amide bonds. The fourth-order valence-corrected chi connectivity index (χ4v) is 3.77. The highest BCUT2D eigenvalue weighted by Gasteiger charge is 2.30. The Bertz CT molecular complexity index is 1250. The van der Waals surface area contributed by atoms with Gasteiger partial charge in [0.05, 0.1) is 30.3 Å². The number of benzene rings is 1. The summed E-state index contributed by atoms with van der Waals surface area (Å²) in [5.41, 5.74) is 6.99. The molecule has 0 bridgehead atoms. The molecule has 0 saturated carbocycles. The standard InChI is InChI=1S/C22H20F2N6O2/c1-12-19(22(31)29-6-5-15(26)11-29)28-20(13-3-4-14(9-25)17(23)7-13)30(12)16-8-18(24)21(32-2)27-10-16/h3-4,7-8,10,15H,5-6,11,26H2,1-2H3/t15-/m0/s1. The Morgan fingerprint density at radius 1 is 1.31 bits per heavy atom. The summed E-state index contributed by atoms with van der Waals surface area (Å²) < 4.78 is 35.2. The van der Waals surface area contributed by atoms with Crippen LogP contribution in [0, 0.1) is 29.9 Å². The maximum Gasteiger partial charge on any atom is 0.274 e. The van der Waals surface area contributed by atoms with Crippen molar-refractivity contribution in [3.63, 3.8) is 0 Å². The van der Waals surface area contributed by atoms with Gasteiger partial charge in [0.15, 0.2) is 5.82 Å². The zero-order valence-corrected chi connectivity index (χ0v) is 17.5. The number of nitriles is 1. The minimum absolute atomic E-state index is 0.103. The van der Waals surface area contributed by atoms with Crippen molar-refractivity contribution in [2.24, 2.45) is 5.73 Å². The highest BCUT2D eigenvalue weighted by molar-refractivity contribution is 5.94. The molecule has 2 aromatic heterocycles. The first-order valence-electron chi connectivity index (χ1n) is 9.88. The fourth-order valence-electron chi connectivity index (χ4n) is 3.77. The number of halogens is 2. The van der Waals surface area contributed by atoms with Gasteiger partial charge in [0.2, 0.25) is 5.88 Å². The number of imidazole rings is 1. The molecule has 0 aliphatic carbocycles. The summed E-state index contributed by atoms with van der Waals surface area (Å²) in [6, 6.07) is 6.87. The van der Waals surface area contributed by atoms with Gasteiger partial charge in [-0.2, -0.15) is 5.26 Å². The second-order valence-corrected chi connectivity index (χ2v) is 7.50. The highest BCUT2D eigenvalue weighted by atomic mass is 19.1. The Labute approximate surface area is 182 Å². The molecule has 164 valence electrons. The van der Waals surface area contributed by atoms with Crippen molar-refractivity contribution in [3.05, 3.63) is 59.0 Å². The van der Waals surface area contributed by atoms with E-state index in [2.05, 4.69) is 9.97 Å². The smallest absolute Gasteiger partial charge is 0.274 e. The zero-order valence-electron chi connectivity index (χ0n) is 17.5. The van der Waals surface area contributed by atoms with E-state index in [0.29, 0.717) is 30.8 Å². The number of carbonyl (C=O) groups is 1. The molecule has 2 N–H and O–H groups in total. The Kier molecular flexibility index (Phi) is 5.59. The van der Waals surface area contributed by atoms with Gasteiger partial charge < -0.3 is 15.4 Å². The number of carbonyl (C=O) groups excluding carboxylic acids is 1. The molecule has 32 heavy (non-hydrogen) atoms. The summed E-state index contributed by atoms with van der Waals surface area (Å²) >= 11 is 0. The van der Waals surface area contributed by atoms with Crippen LogP contribution < -0.4 is 10.5 Å². The third-order valence-electron chi connectivity index (χ3n) is 5.41. The van der Waals surface area contributed by atoms with E-state index < -0.39 is 11.6 Å². The Balaban J connectivity index is 1.89. The van der Waals surface area contributed by atoms with Crippen molar-refractivity contribution in [2.45, 2.75) is 19.4 Å². The van der Waals surface area contributed by atoms with Crippen molar-refractivity contribution >= 4 is 5.91 Å². The van der Waals surface area contributed by atoms with Crippen molar-refractivity contribution in [1.82, 2.24) is 19.4 Å². The van der Waals surface area contributed by atoms with Gasteiger partial charge in [0, 0.05) is 30.8 Å². The van der Waals surface area contributed by atoms with Gasteiger partial charge in [-0.05, 0) is 31.5 Å². The third kappa shape index (κ3) is 3.67. The van der Waals surface area contributed by atoms with Gasteiger partial charge in [0.25, 0.3) is 5.91 Å². The normalized spacial score (nSPS) is 15.6. The van der Waals surface area contributed by atoms with E-state index in [-0.39, 0.29) is 40.6 Å². The molecule has 1 aliphatic heterocycles. The second kappa shape index (κ2) is 8.36. The van der Waals surface area contributed by atoms with E-state index in [4.69, 9.17) is 15.7 Å². The van der Waals surface area contributed by atoms with Crippen molar-refractivity contribution in [2.75, 3.05) is 20.2 Å². The molecule has 0 radical (unpaired) electrons. The first-order chi connectivity index (χ1) is 15.3. The summed E-state index contributed by atoms with van der Waals surface area (Å²) in [5, 5.41) is 9.02. The summed E-state index contributed by atoms with van der Waals surface area (Å²) in [4.78, 5) is 23.2. The van der Waals surface area contributed by atoms with Crippen molar-refractivity contribution in [1.29, 1.82) is 5.26 Å². The molecule has 1 aromatic carbocycles. The number of pyridine rings is 1. The van der Waals surface area contributed by atoms with Crippen LogP contribution in [0.15, 0.2) is 30.5 Å². The largest absolute Gasteiger partial charge is 0.479 e. The number of nitrogens with zero attached hydrogens (tertiary/aromatic N) is 5. The van der Waals surface area contributed by atoms with Crippen LogP contribution >= 0.6 is 0 Å². The van der Waals surface area contributed by atoms with Gasteiger partial charge in [0.1, 0.15) is 23.4 Å². The molecule has 0 spiro atoms. The molecule has 0 unspecified atom stereocenters. The lowest BCUT2D eigenvalue weighted by Crippen LogP contribution is -2.32. The maximum atomic E-state index is 14.4. The maximum absolute atomic E-state index is 14.4. The Hall–Kier alpha value is -3.84. The minimum Gasteiger partial charge on any atom is -0.479 e. The van der Waals surface area contributed by atoms with Gasteiger partial charge >= 0.3 is 0 Å². The van der Waals surface area contributed by atoms with Gasteiger partial charge in [-0.3, -0.25) is 9.36 Å². The van der Waals surface area contributed by atoms with Gasteiger partial charge in [-0.1, -0.05) is 0 Å².